The van der Waals surface area contributed by atoms with Gasteiger partial charge in [0.05, 0.1) is 17.0 Å². The first-order valence-corrected chi connectivity index (χ1v) is 9.38. The van der Waals surface area contributed by atoms with Gasteiger partial charge in [-0.3, -0.25) is 4.79 Å². The van der Waals surface area contributed by atoms with Crippen LogP contribution in [0.4, 0.5) is 5.69 Å². The Morgan fingerprint density at radius 1 is 1.15 bits per heavy atom. The maximum absolute atomic E-state index is 13.2. The van der Waals surface area contributed by atoms with Crippen LogP contribution in [0.5, 0.6) is 5.75 Å². The molecule has 1 aliphatic rings. The van der Waals surface area contributed by atoms with Gasteiger partial charge in [0.1, 0.15) is 5.75 Å². The minimum absolute atomic E-state index is 0.0663. The van der Waals surface area contributed by atoms with E-state index in [1.54, 1.807) is 18.2 Å². The van der Waals surface area contributed by atoms with Gasteiger partial charge >= 0.3 is 0 Å². The van der Waals surface area contributed by atoms with Gasteiger partial charge in [0, 0.05) is 23.9 Å². The summed E-state index contributed by atoms with van der Waals surface area (Å²) >= 11 is 12.2. The zero-order valence-electron chi connectivity index (χ0n) is 14.6. The highest BCUT2D eigenvalue weighted by atomic mass is 35.5. The Labute approximate surface area is 163 Å². The number of hydrogen-bond donors (Lipinski definition) is 1. The predicted molar refractivity (Wildman–Crippen MR) is 104 cm³/mol. The topological polar surface area (TPSA) is 47.6 Å². The first-order valence-electron chi connectivity index (χ1n) is 8.63. The second-order valence-electron chi connectivity index (χ2n) is 6.23. The standard InChI is InChI=1S/C20H21Cl2NO3/c1-2-26-18-8-7-16(13-17(18)22)23-19(24)20(9-11-25-12-10-20)14-3-5-15(21)6-4-14/h3-8,13H,2,9-12H2,1H3,(H,23,24). The molecule has 0 spiro atoms. The van der Waals surface area contributed by atoms with Crippen molar-refractivity contribution in [3.8, 4) is 5.75 Å². The summed E-state index contributed by atoms with van der Waals surface area (Å²) in [5.41, 5.74) is 0.941. The van der Waals surface area contributed by atoms with E-state index in [4.69, 9.17) is 32.7 Å². The number of ether oxygens (including phenoxy) is 2. The van der Waals surface area contributed by atoms with Crippen molar-refractivity contribution in [3.63, 3.8) is 0 Å². The fourth-order valence-corrected chi connectivity index (χ4v) is 3.60. The molecular formula is C20H21Cl2NO3. The monoisotopic (exact) mass is 393 g/mol. The highest BCUT2D eigenvalue weighted by molar-refractivity contribution is 6.32. The van der Waals surface area contributed by atoms with Crippen molar-refractivity contribution in [2.75, 3.05) is 25.1 Å². The van der Waals surface area contributed by atoms with Crippen LogP contribution in [0.15, 0.2) is 42.5 Å². The number of halogens is 2. The van der Waals surface area contributed by atoms with E-state index in [0.29, 0.717) is 54.1 Å². The second kappa shape index (κ2) is 8.30. The lowest BCUT2D eigenvalue weighted by atomic mass is 9.73. The lowest BCUT2D eigenvalue weighted by Crippen LogP contribution is -2.44. The zero-order valence-corrected chi connectivity index (χ0v) is 16.1. The lowest BCUT2D eigenvalue weighted by Gasteiger charge is -2.36. The van der Waals surface area contributed by atoms with E-state index < -0.39 is 5.41 Å². The van der Waals surface area contributed by atoms with E-state index in [-0.39, 0.29) is 5.91 Å². The highest BCUT2D eigenvalue weighted by Crippen LogP contribution is 2.37. The molecule has 6 heteroatoms. The molecule has 0 aromatic heterocycles. The Hall–Kier alpha value is -1.75. The molecule has 0 bridgehead atoms. The van der Waals surface area contributed by atoms with Gasteiger partial charge in [-0.25, -0.2) is 0 Å². The molecule has 1 amide bonds. The molecule has 2 aromatic carbocycles. The van der Waals surface area contributed by atoms with E-state index >= 15 is 0 Å². The van der Waals surface area contributed by atoms with Gasteiger partial charge in [-0.2, -0.15) is 0 Å². The van der Waals surface area contributed by atoms with Gasteiger partial charge in [-0.05, 0) is 55.7 Å². The number of nitrogens with one attached hydrogen (secondary N) is 1. The average Bonchev–Trinajstić information content (AvgIpc) is 2.65. The van der Waals surface area contributed by atoms with Crippen molar-refractivity contribution >= 4 is 34.8 Å². The Morgan fingerprint density at radius 3 is 2.46 bits per heavy atom. The summed E-state index contributed by atoms with van der Waals surface area (Å²) in [6.45, 7) is 3.51. The van der Waals surface area contributed by atoms with E-state index in [9.17, 15) is 4.79 Å². The molecule has 2 aromatic rings. The lowest BCUT2D eigenvalue weighted by molar-refractivity contribution is -0.125. The van der Waals surface area contributed by atoms with Crippen molar-refractivity contribution < 1.29 is 14.3 Å². The molecule has 0 saturated carbocycles. The van der Waals surface area contributed by atoms with Crippen LogP contribution in [0.3, 0.4) is 0 Å². The minimum Gasteiger partial charge on any atom is -0.492 e. The maximum atomic E-state index is 13.2. The van der Waals surface area contributed by atoms with Crippen molar-refractivity contribution in [1.82, 2.24) is 0 Å². The molecule has 0 atom stereocenters. The maximum Gasteiger partial charge on any atom is 0.235 e. The summed E-state index contributed by atoms with van der Waals surface area (Å²) in [5, 5.41) is 4.13. The first kappa shape index (κ1) is 19.0. The summed E-state index contributed by atoms with van der Waals surface area (Å²) in [5.74, 6) is 0.536. The van der Waals surface area contributed by atoms with Gasteiger partial charge < -0.3 is 14.8 Å². The average molecular weight is 394 g/mol. The van der Waals surface area contributed by atoms with E-state index in [0.717, 1.165) is 5.56 Å². The molecule has 1 fully saturated rings. The Morgan fingerprint density at radius 2 is 1.85 bits per heavy atom. The molecule has 1 aliphatic heterocycles. The third kappa shape index (κ3) is 3.98. The van der Waals surface area contributed by atoms with Gasteiger partial charge in [0.15, 0.2) is 0 Å². The first-order chi connectivity index (χ1) is 12.5. The number of carbonyl (C=O) groups is 1. The van der Waals surface area contributed by atoms with Crippen molar-refractivity contribution in [3.05, 3.63) is 58.1 Å². The fraction of sp³-hybridized carbons (Fsp3) is 0.350. The third-order valence-corrected chi connectivity index (χ3v) is 5.21. The quantitative estimate of drug-likeness (QED) is 0.770. The molecule has 1 N–H and O–H groups in total. The summed E-state index contributed by atoms with van der Waals surface area (Å²) in [6.07, 6.45) is 1.23. The van der Waals surface area contributed by atoms with Crippen LogP contribution in [-0.2, 0) is 14.9 Å². The highest BCUT2D eigenvalue weighted by Gasteiger charge is 2.41. The molecule has 0 unspecified atom stereocenters. The largest absolute Gasteiger partial charge is 0.492 e. The van der Waals surface area contributed by atoms with E-state index in [1.807, 2.05) is 31.2 Å². The number of amides is 1. The van der Waals surface area contributed by atoms with Gasteiger partial charge in [0.2, 0.25) is 5.91 Å². The van der Waals surface area contributed by atoms with E-state index in [1.165, 1.54) is 0 Å². The van der Waals surface area contributed by atoms with Crippen LogP contribution in [-0.4, -0.2) is 25.7 Å². The molecule has 138 valence electrons. The molecule has 26 heavy (non-hydrogen) atoms. The Kier molecular flexibility index (Phi) is 6.07. The number of rotatable bonds is 5. The summed E-state index contributed by atoms with van der Waals surface area (Å²) in [6, 6.07) is 12.7. The second-order valence-corrected chi connectivity index (χ2v) is 7.08. The third-order valence-electron chi connectivity index (χ3n) is 4.67. The van der Waals surface area contributed by atoms with Crippen LogP contribution in [0.2, 0.25) is 10.0 Å². The fourth-order valence-electron chi connectivity index (χ4n) is 3.24. The Bertz CT molecular complexity index is 771. The number of anilines is 1. The van der Waals surface area contributed by atoms with Crippen LogP contribution in [0.25, 0.3) is 0 Å². The van der Waals surface area contributed by atoms with Crippen LogP contribution >= 0.6 is 23.2 Å². The molecule has 0 aliphatic carbocycles. The zero-order chi connectivity index (χ0) is 18.6. The minimum atomic E-state index is -0.645. The van der Waals surface area contributed by atoms with Crippen molar-refractivity contribution in [1.29, 1.82) is 0 Å². The number of hydrogen-bond acceptors (Lipinski definition) is 3. The smallest absolute Gasteiger partial charge is 0.235 e. The number of benzene rings is 2. The van der Waals surface area contributed by atoms with Gasteiger partial charge in [-0.1, -0.05) is 35.3 Å². The van der Waals surface area contributed by atoms with Crippen LogP contribution in [0, 0.1) is 0 Å². The summed E-state index contributed by atoms with van der Waals surface area (Å²) in [4.78, 5) is 13.2. The van der Waals surface area contributed by atoms with Gasteiger partial charge in [0.25, 0.3) is 0 Å². The van der Waals surface area contributed by atoms with Gasteiger partial charge in [-0.15, -0.1) is 0 Å². The van der Waals surface area contributed by atoms with Crippen molar-refractivity contribution in [2.24, 2.45) is 0 Å². The molecular weight excluding hydrogens is 373 g/mol. The summed E-state index contributed by atoms with van der Waals surface area (Å²) < 4.78 is 10.9. The molecule has 0 radical (unpaired) electrons. The van der Waals surface area contributed by atoms with Crippen LogP contribution < -0.4 is 10.1 Å². The predicted octanol–water partition coefficient (Wildman–Crippen LogP) is 5.08. The summed E-state index contributed by atoms with van der Waals surface area (Å²) in [7, 11) is 0. The molecule has 1 heterocycles. The number of carbonyl (C=O) groups excluding carboxylic acids is 1. The molecule has 4 nitrogen and oxygen atoms in total. The van der Waals surface area contributed by atoms with Crippen LogP contribution in [0.1, 0.15) is 25.3 Å². The normalized spacial score (nSPS) is 16.1. The van der Waals surface area contributed by atoms with E-state index in [2.05, 4.69) is 5.32 Å². The molecule has 1 saturated heterocycles. The molecule has 3 rings (SSSR count). The Balaban J connectivity index is 1.86. The van der Waals surface area contributed by atoms with Crippen molar-refractivity contribution in [2.45, 2.75) is 25.2 Å². The SMILES string of the molecule is CCOc1ccc(NC(=O)C2(c3ccc(Cl)cc3)CCOCC2)cc1Cl.